The van der Waals surface area contributed by atoms with Gasteiger partial charge in [-0.1, -0.05) is 17.3 Å². The predicted octanol–water partition coefficient (Wildman–Crippen LogP) is 3.41. The second kappa shape index (κ2) is 5.81. The van der Waals surface area contributed by atoms with E-state index in [0.717, 1.165) is 11.3 Å². The molecule has 1 N–H and O–H groups in total. The van der Waals surface area contributed by atoms with Gasteiger partial charge in [0.25, 0.3) is 0 Å². The molecular formula is C17H15NO4. The van der Waals surface area contributed by atoms with Gasteiger partial charge in [-0.25, -0.2) is 0 Å². The Morgan fingerprint density at radius 3 is 2.45 bits per heavy atom. The van der Waals surface area contributed by atoms with Crippen molar-refractivity contribution in [3.63, 3.8) is 0 Å². The lowest BCUT2D eigenvalue weighted by Gasteiger charge is -2.07. The molecule has 0 radical (unpaired) electrons. The number of benzene rings is 2. The van der Waals surface area contributed by atoms with Crippen molar-refractivity contribution in [3.05, 3.63) is 53.9 Å². The van der Waals surface area contributed by atoms with Gasteiger partial charge < -0.3 is 19.1 Å². The van der Waals surface area contributed by atoms with Crippen LogP contribution in [-0.4, -0.2) is 19.4 Å². The van der Waals surface area contributed by atoms with E-state index in [0.29, 0.717) is 27.8 Å². The maximum atomic E-state index is 9.26. The number of nitrogens with zero attached hydrogens (tertiary/aromatic N) is 1. The summed E-state index contributed by atoms with van der Waals surface area (Å²) in [6.45, 7) is 0. The minimum Gasteiger partial charge on any atom is -0.497 e. The van der Waals surface area contributed by atoms with Crippen LogP contribution in [0.5, 0.6) is 11.5 Å². The fourth-order valence-corrected chi connectivity index (χ4v) is 2.28. The molecule has 0 fully saturated rings. The highest BCUT2D eigenvalue weighted by atomic mass is 16.5. The van der Waals surface area contributed by atoms with Crippen LogP contribution in [0.15, 0.2) is 58.1 Å². The van der Waals surface area contributed by atoms with Crippen LogP contribution >= 0.6 is 0 Å². The highest BCUT2D eigenvalue weighted by Gasteiger charge is 2.08. The third kappa shape index (κ3) is 2.48. The Hall–Kier alpha value is -2.95. The van der Waals surface area contributed by atoms with E-state index < -0.39 is 0 Å². The summed E-state index contributed by atoms with van der Waals surface area (Å²) in [6.07, 6.45) is 0. The normalized spacial score (nSPS) is 11.6. The topological polar surface area (TPSA) is 64.2 Å². The lowest BCUT2D eigenvalue weighted by atomic mass is 10.1. The van der Waals surface area contributed by atoms with E-state index >= 15 is 0 Å². The van der Waals surface area contributed by atoms with Gasteiger partial charge in [0.15, 0.2) is 0 Å². The average Bonchev–Trinajstić information content (AvgIpc) is 2.60. The summed E-state index contributed by atoms with van der Waals surface area (Å²) in [4.78, 5) is 0. The molecule has 0 atom stereocenters. The van der Waals surface area contributed by atoms with E-state index in [9.17, 15) is 5.21 Å². The summed E-state index contributed by atoms with van der Waals surface area (Å²) < 4.78 is 16.4. The summed E-state index contributed by atoms with van der Waals surface area (Å²) in [5.74, 6) is 1.97. The van der Waals surface area contributed by atoms with Crippen LogP contribution in [0.4, 0.5) is 0 Å². The van der Waals surface area contributed by atoms with Crippen molar-refractivity contribution < 1.29 is 19.1 Å². The zero-order valence-electron chi connectivity index (χ0n) is 12.2. The predicted molar refractivity (Wildman–Crippen MR) is 82.1 cm³/mol. The Morgan fingerprint density at radius 2 is 1.73 bits per heavy atom. The van der Waals surface area contributed by atoms with Crippen molar-refractivity contribution >= 4 is 11.0 Å². The van der Waals surface area contributed by atoms with Gasteiger partial charge in [0.2, 0.25) is 0 Å². The van der Waals surface area contributed by atoms with Crippen molar-refractivity contribution in [2.45, 2.75) is 0 Å². The van der Waals surface area contributed by atoms with Crippen LogP contribution in [0.2, 0.25) is 0 Å². The number of hydrogen-bond acceptors (Lipinski definition) is 5. The monoisotopic (exact) mass is 297 g/mol. The Bertz CT molecular complexity index is 883. The molecule has 0 aliphatic rings. The van der Waals surface area contributed by atoms with E-state index in [1.165, 1.54) is 0 Å². The standard InChI is InChI=1S/C17H15NO4/c1-20-12-5-3-4-11(8-12)16-10-15(18-19)14-7-6-13(21-2)9-17(14)22-16/h3-10,19H,1-2H3. The molecule has 0 amide bonds. The van der Waals surface area contributed by atoms with Crippen LogP contribution in [0.25, 0.3) is 22.3 Å². The van der Waals surface area contributed by atoms with Crippen LogP contribution in [0.1, 0.15) is 0 Å². The maximum Gasteiger partial charge on any atom is 0.140 e. The SMILES string of the molecule is COc1cccc(-c2cc(=NO)c3ccc(OC)cc3o2)c1. The van der Waals surface area contributed by atoms with Crippen molar-refractivity contribution in [2.24, 2.45) is 5.16 Å². The molecule has 0 aliphatic carbocycles. The van der Waals surface area contributed by atoms with E-state index in [1.807, 2.05) is 24.3 Å². The molecule has 0 unspecified atom stereocenters. The number of hydrogen-bond donors (Lipinski definition) is 1. The van der Waals surface area contributed by atoms with Gasteiger partial charge >= 0.3 is 0 Å². The number of rotatable bonds is 3. The molecule has 0 bridgehead atoms. The molecule has 0 saturated heterocycles. The van der Waals surface area contributed by atoms with E-state index in [4.69, 9.17) is 13.9 Å². The third-order valence-corrected chi connectivity index (χ3v) is 3.41. The minimum atomic E-state index is 0.432. The Balaban J connectivity index is 2.25. The summed E-state index contributed by atoms with van der Waals surface area (Å²) in [6, 6.07) is 14.5. The fraction of sp³-hybridized carbons (Fsp3) is 0.118. The van der Waals surface area contributed by atoms with Gasteiger partial charge in [0.05, 0.1) is 14.2 Å². The van der Waals surface area contributed by atoms with Crippen molar-refractivity contribution in [1.29, 1.82) is 0 Å². The molecular weight excluding hydrogens is 282 g/mol. The highest BCUT2D eigenvalue weighted by Crippen LogP contribution is 2.27. The molecule has 112 valence electrons. The first-order valence-corrected chi connectivity index (χ1v) is 6.69. The lowest BCUT2D eigenvalue weighted by Crippen LogP contribution is -2.03. The second-order valence-corrected chi connectivity index (χ2v) is 4.69. The average molecular weight is 297 g/mol. The zero-order chi connectivity index (χ0) is 15.5. The molecule has 0 spiro atoms. The molecule has 2 aromatic carbocycles. The van der Waals surface area contributed by atoms with Gasteiger partial charge in [-0.2, -0.15) is 0 Å². The third-order valence-electron chi connectivity index (χ3n) is 3.41. The molecule has 22 heavy (non-hydrogen) atoms. The van der Waals surface area contributed by atoms with Crippen molar-refractivity contribution in [2.75, 3.05) is 14.2 Å². The molecule has 5 heteroatoms. The molecule has 1 aromatic heterocycles. The van der Waals surface area contributed by atoms with Gasteiger partial charge in [-0.05, 0) is 24.3 Å². The van der Waals surface area contributed by atoms with E-state index in [-0.39, 0.29) is 0 Å². The van der Waals surface area contributed by atoms with Crippen LogP contribution in [-0.2, 0) is 0 Å². The Kier molecular flexibility index (Phi) is 3.70. The molecule has 3 rings (SSSR count). The first-order chi connectivity index (χ1) is 10.7. The quantitative estimate of drug-likeness (QED) is 0.594. The van der Waals surface area contributed by atoms with E-state index in [1.54, 1.807) is 38.5 Å². The van der Waals surface area contributed by atoms with Gasteiger partial charge in [-0.15, -0.1) is 0 Å². The minimum absolute atomic E-state index is 0.432. The molecule has 3 aromatic rings. The summed E-state index contributed by atoms with van der Waals surface area (Å²) in [5.41, 5.74) is 1.40. The van der Waals surface area contributed by atoms with Gasteiger partial charge in [-0.3, -0.25) is 0 Å². The number of ether oxygens (including phenoxy) is 2. The van der Waals surface area contributed by atoms with Crippen molar-refractivity contribution in [3.8, 4) is 22.8 Å². The maximum absolute atomic E-state index is 9.26. The molecule has 0 saturated carbocycles. The first kappa shape index (κ1) is 14.0. The lowest BCUT2D eigenvalue weighted by molar-refractivity contribution is 0.302. The second-order valence-electron chi connectivity index (χ2n) is 4.69. The number of methoxy groups -OCH3 is 2. The first-order valence-electron chi connectivity index (χ1n) is 6.69. The van der Waals surface area contributed by atoms with Crippen LogP contribution < -0.4 is 14.8 Å². The fourth-order valence-electron chi connectivity index (χ4n) is 2.28. The van der Waals surface area contributed by atoms with Crippen LogP contribution in [0, 0.1) is 0 Å². The summed E-state index contributed by atoms with van der Waals surface area (Å²) >= 11 is 0. The smallest absolute Gasteiger partial charge is 0.140 e. The Morgan fingerprint density at radius 1 is 0.955 bits per heavy atom. The van der Waals surface area contributed by atoms with E-state index in [2.05, 4.69) is 5.16 Å². The molecule has 5 nitrogen and oxygen atoms in total. The highest BCUT2D eigenvalue weighted by molar-refractivity contribution is 5.80. The molecule has 0 aliphatic heterocycles. The van der Waals surface area contributed by atoms with Crippen molar-refractivity contribution in [1.82, 2.24) is 0 Å². The van der Waals surface area contributed by atoms with Crippen LogP contribution in [0.3, 0.4) is 0 Å². The molecule has 1 heterocycles. The zero-order valence-corrected chi connectivity index (χ0v) is 12.2. The van der Waals surface area contributed by atoms with Gasteiger partial charge in [0, 0.05) is 23.1 Å². The Labute approximate surface area is 127 Å². The largest absolute Gasteiger partial charge is 0.497 e. The van der Waals surface area contributed by atoms with Gasteiger partial charge in [0.1, 0.15) is 28.2 Å². The summed E-state index contributed by atoms with van der Waals surface area (Å²) in [5, 5.41) is 13.7. The number of fused-ring (bicyclic) bond motifs is 1. The summed E-state index contributed by atoms with van der Waals surface area (Å²) in [7, 11) is 3.19.